The standard InChI is InChI=1S/C29H31AsClNO3/c1-17-15-22(9-10-24(17)31)28(4,5)30-23-8-6-7-20(16-23)21-13-18(2)25(19(3)14-21)26(33)32-29(11-12-29)27(34)35/h6-10,13-16,30H,11-12H2,1-5H3,(H,32,33)(H,34,35). The van der Waals surface area contributed by atoms with Gasteiger partial charge in [-0.3, -0.25) is 0 Å². The quantitative estimate of drug-likeness (QED) is 0.393. The molecule has 1 atom stereocenters. The maximum atomic E-state index is 12.9. The van der Waals surface area contributed by atoms with Crippen LogP contribution in [0.25, 0.3) is 11.1 Å². The maximum absolute atomic E-state index is 12.9. The summed E-state index contributed by atoms with van der Waals surface area (Å²) in [6, 6.07) is 19.0. The van der Waals surface area contributed by atoms with Crippen LogP contribution in [0.1, 0.15) is 59.3 Å². The second-order valence-corrected chi connectivity index (χ2v) is 14.9. The van der Waals surface area contributed by atoms with E-state index in [0.717, 1.165) is 32.8 Å². The predicted octanol–water partition coefficient (Wildman–Crippen LogP) is 5.28. The number of carboxylic acid groups (broad SMARTS) is 1. The van der Waals surface area contributed by atoms with Gasteiger partial charge < -0.3 is 0 Å². The molecule has 1 aliphatic carbocycles. The van der Waals surface area contributed by atoms with Gasteiger partial charge in [0, 0.05) is 0 Å². The molecule has 1 aliphatic rings. The third kappa shape index (κ3) is 5.34. The first-order valence-corrected chi connectivity index (χ1v) is 14.2. The normalized spacial score (nSPS) is 14.8. The fraction of sp³-hybridized carbons (Fsp3) is 0.310. The molecule has 0 spiro atoms. The van der Waals surface area contributed by atoms with Crippen LogP contribution >= 0.6 is 11.6 Å². The summed E-state index contributed by atoms with van der Waals surface area (Å²) in [7, 11) is 0. The van der Waals surface area contributed by atoms with Gasteiger partial charge in [0.05, 0.1) is 0 Å². The summed E-state index contributed by atoms with van der Waals surface area (Å²) in [5, 5.41) is 13.0. The average molecular weight is 552 g/mol. The summed E-state index contributed by atoms with van der Waals surface area (Å²) >= 11 is 5.74. The number of carbonyl (C=O) groups is 2. The van der Waals surface area contributed by atoms with Gasteiger partial charge in [-0.1, -0.05) is 0 Å². The predicted molar refractivity (Wildman–Crippen MR) is 144 cm³/mol. The Morgan fingerprint density at radius 2 is 1.60 bits per heavy atom. The van der Waals surface area contributed by atoms with Crippen LogP contribution in [0.2, 0.25) is 5.02 Å². The molecule has 0 aliphatic heterocycles. The van der Waals surface area contributed by atoms with Crippen LogP contribution in [0.4, 0.5) is 0 Å². The number of carboxylic acids is 1. The van der Waals surface area contributed by atoms with Gasteiger partial charge in [-0.2, -0.15) is 0 Å². The third-order valence-corrected chi connectivity index (χ3v) is 10.4. The third-order valence-electron chi connectivity index (χ3n) is 6.80. The van der Waals surface area contributed by atoms with Crippen LogP contribution in [-0.4, -0.2) is 38.3 Å². The number of aliphatic carboxylic acids is 1. The Morgan fingerprint density at radius 3 is 2.17 bits per heavy atom. The Balaban J connectivity index is 1.59. The van der Waals surface area contributed by atoms with Crippen LogP contribution in [0.15, 0.2) is 54.6 Å². The summed E-state index contributed by atoms with van der Waals surface area (Å²) in [5.41, 5.74) is 5.74. The van der Waals surface area contributed by atoms with Gasteiger partial charge >= 0.3 is 219 Å². The van der Waals surface area contributed by atoms with Crippen molar-refractivity contribution in [1.82, 2.24) is 5.32 Å². The van der Waals surface area contributed by atoms with E-state index >= 15 is 0 Å². The van der Waals surface area contributed by atoms with Crippen LogP contribution in [-0.2, 0) is 9.00 Å². The molecule has 3 aromatic carbocycles. The van der Waals surface area contributed by atoms with E-state index in [4.69, 9.17) is 11.6 Å². The number of halogens is 1. The first-order valence-electron chi connectivity index (χ1n) is 11.7. The molecule has 0 aromatic heterocycles. The van der Waals surface area contributed by atoms with Gasteiger partial charge in [-0.25, -0.2) is 0 Å². The number of hydrogen-bond donors (Lipinski definition) is 2. The topological polar surface area (TPSA) is 66.4 Å². The van der Waals surface area contributed by atoms with Crippen molar-refractivity contribution in [3.05, 3.63) is 87.4 Å². The van der Waals surface area contributed by atoms with E-state index < -0.39 is 27.3 Å². The summed E-state index contributed by atoms with van der Waals surface area (Å²) in [5.74, 6) is -1.28. The summed E-state index contributed by atoms with van der Waals surface area (Å²) < 4.78 is 1.42. The van der Waals surface area contributed by atoms with Crippen LogP contribution in [0.3, 0.4) is 0 Å². The number of nitrogens with one attached hydrogen (secondary N) is 1. The second kappa shape index (κ2) is 9.48. The molecule has 1 saturated carbocycles. The Bertz CT molecular complexity index is 1300. The van der Waals surface area contributed by atoms with Gasteiger partial charge in [0.25, 0.3) is 0 Å². The Labute approximate surface area is 218 Å². The molecule has 1 fully saturated rings. The molecule has 0 bridgehead atoms. The molecule has 1 amide bonds. The molecule has 6 heteroatoms. The fourth-order valence-corrected chi connectivity index (χ4v) is 7.64. The molecule has 2 N–H and O–H groups in total. The first-order chi connectivity index (χ1) is 16.4. The van der Waals surface area contributed by atoms with Crippen molar-refractivity contribution in [3.8, 4) is 11.1 Å². The SMILES string of the molecule is Cc1cc(C(C)(C)[AsH]c2cccc(-c3cc(C)c(C(=O)NC4(C(=O)O)CC4)c(C)c3)c2)ccc1Cl. The first kappa shape index (κ1) is 25.5. The van der Waals surface area contributed by atoms with E-state index in [1.165, 1.54) is 9.91 Å². The molecule has 3 aromatic rings. The number of carbonyl (C=O) groups excluding carboxylic acids is 1. The van der Waals surface area contributed by atoms with Crippen molar-refractivity contribution in [3.63, 3.8) is 0 Å². The van der Waals surface area contributed by atoms with E-state index in [0.29, 0.717) is 18.4 Å². The summed E-state index contributed by atoms with van der Waals surface area (Å²) in [4.78, 5) is 24.4. The van der Waals surface area contributed by atoms with Crippen molar-refractivity contribution >= 4 is 43.6 Å². The van der Waals surface area contributed by atoms with Crippen LogP contribution in [0.5, 0.6) is 0 Å². The molecule has 182 valence electrons. The zero-order valence-electron chi connectivity index (χ0n) is 20.8. The van der Waals surface area contributed by atoms with E-state index in [1.807, 2.05) is 39.0 Å². The molecule has 0 saturated heterocycles. The number of rotatable bonds is 7. The fourth-order valence-electron chi connectivity index (χ4n) is 4.53. The average Bonchev–Trinajstić information content (AvgIpc) is 3.55. The molecule has 0 heterocycles. The minimum atomic E-state index is -1.09. The summed E-state index contributed by atoms with van der Waals surface area (Å²) in [6.45, 7) is 10.5. The summed E-state index contributed by atoms with van der Waals surface area (Å²) in [6.07, 6.45) is 0.957. The number of aryl methyl sites for hydroxylation is 3. The van der Waals surface area contributed by atoms with Gasteiger partial charge in [-0.05, 0) is 0 Å². The number of benzene rings is 3. The van der Waals surface area contributed by atoms with Gasteiger partial charge in [0.2, 0.25) is 0 Å². The molecule has 4 nitrogen and oxygen atoms in total. The molecular formula is C29H31AsClNO3. The second-order valence-electron chi connectivity index (χ2n) is 10.1. The van der Waals surface area contributed by atoms with Crippen LogP contribution in [0, 0.1) is 20.8 Å². The monoisotopic (exact) mass is 551 g/mol. The zero-order valence-corrected chi connectivity index (χ0v) is 23.6. The van der Waals surface area contributed by atoms with E-state index in [2.05, 4.69) is 55.6 Å². The number of hydrogen-bond acceptors (Lipinski definition) is 2. The van der Waals surface area contributed by atoms with Crippen molar-refractivity contribution in [2.75, 3.05) is 0 Å². The molecule has 4 rings (SSSR count). The molecule has 1 unspecified atom stereocenters. The van der Waals surface area contributed by atoms with Gasteiger partial charge in [0.15, 0.2) is 0 Å². The van der Waals surface area contributed by atoms with Crippen molar-refractivity contribution < 1.29 is 14.7 Å². The van der Waals surface area contributed by atoms with E-state index in [9.17, 15) is 14.7 Å². The van der Waals surface area contributed by atoms with Gasteiger partial charge in [-0.15, -0.1) is 0 Å². The Hall–Kier alpha value is -2.55. The Morgan fingerprint density at radius 1 is 0.943 bits per heavy atom. The van der Waals surface area contributed by atoms with Crippen LogP contribution < -0.4 is 9.67 Å². The van der Waals surface area contributed by atoms with E-state index in [-0.39, 0.29) is 10.1 Å². The number of amides is 1. The molecule has 35 heavy (non-hydrogen) atoms. The minimum absolute atomic E-state index is 0.0602. The van der Waals surface area contributed by atoms with Crippen molar-refractivity contribution in [1.29, 1.82) is 0 Å². The molecule has 0 radical (unpaired) electrons. The van der Waals surface area contributed by atoms with Gasteiger partial charge in [0.1, 0.15) is 0 Å². The molecular weight excluding hydrogens is 521 g/mol. The Kier molecular flexibility index (Phi) is 6.92. The van der Waals surface area contributed by atoms with Crippen molar-refractivity contribution in [2.24, 2.45) is 0 Å². The van der Waals surface area contributed by atoms with Crippen molar-refractivity contribution in [2.45, 2.75) is 57.2 Å². The zero-order chi connectivity index (χ0) is 25.5. The van der Waals surface area contributed by atoms with E-state index in [1.54, 1.807) is 0 Å².